The van der Waals surface area contributed by atoms with E-state index in [4.69, 9.17) is 16.6 Å². The standard InChI is InChI=1S/C19H26ClN3O3S2/c1-4-9-23-17-7-6-14(20)11-16(17)21-19(23)27-13(3)18(24)22(5-2)15-8-10-28(25,26)12-15/h6-7,11,13,15H,4-5,8-10,12H2,1-3H3. The number of thioether (sulfide) groups is 1. The maximum Gasteiger partial charge on any atom is 0.236 e. The average Bonchev–Trinajstić information content (AvgIpc) is 3.15. The minimum absolute atomic E-state index is 0.0391. The molecule has 0 radical (unpaired) electrons. The van der Waals surface area contributed by atoms with E-state index in [0.29, 0.717) is 18.0 Å². The highest BCUT2D eigenvalue weighted by Crippen LogP contribution is 2.30. The summed E-state index contributed by atoms with van der Waals surface area (Å²) >= 11 is 7.52. The van der Waals surface area contributed by atoms with Crippen molar-refractivity contribution in [2.45, 2.75) is 56.6 Å². The summed E-state index contributed by atoms with van der Waals surface area (Å²) in [4.78, 5) is 19.5. The molecule has 0 N–H and O–H groups in total. The third-order valence-corrected chi connectivity index (χ3v) is 8.09. The molecule has 0 bridgehead atoms. The zero-order chi connectivity index (χ0) is 20.5. The number of rotatable bonds is 7. The van der Waals surface area contributed by atoms with Crippen molar-refractivity contribution in [2.24, 2.45) is 0 Å². The summed E-state index contributed by atoms with van der Waals surface area (Å²) in [5.41, 5.74) is 1.82. The quantitative estimate of drug-likeness (QED) is 0.611. The van der Waals surface area contributed by atoms with Crippen LogP contribution in [0.5, 0.6) is 0 Å². The Morgan fingerprint density at radius 3 is 2.79 bits per heavy atom. The first-order valence-corrected chi connectivity index (χ1v) is 12.7. The Morgan fingerprint density at radius 2 is 2.18 bits per heavy atom. The van der Waals surface area contributed by atoms with Crippen LogP contribution in [0.3, 0.4) is 0 Å². The minimum Gasteiger partial charge on any atom is -0.338 e. The molecule has 1 saturated heterocycles. The third kappa shape index (κ3) is 4.49. The van der Waals surface area contributed by atoms with Crippen LogP contribution in [0.2, 0.25) is 5.02 Å². The van der Waals surface area contributed by atoms with Crippen molar-refractivity contribution in [3.05, 3.63) is 23.2 Å². The molecule has 6 nitrogen and oxygen atoms in total. The number of aryl methyl sites for hydroxylation is 1. The highest BCUT2D eigenvalue weighted by atomic mass is 35.5. The van der Waals surface area contributed by atoms with Gasteiger partial charge in [-0.1, -0.05) is 30.3 Å². The van der Waals surface area contributed by atoms with Crippen LogP contribution in [0.25, 0.3) is 11.0 Å². The van der Waals surface area contributed by atoms with E-state index in [1.165, 1.54) is 11.8 Å². The SMILES string of the molecule is CCCn1c(SC(C)C(=O)N(CC)C2CCS(=O)(=O)C2)nc2cc(Cl)ccc21. The lowest BCUT2D eigenvalue weighted by Crippen LogP contribution is -2.44. The first-order valence-electron chi connectivity index (χ1n) is 9.59. The zero-order valence-electron chi connectivity index (χ0n) is 16.4. The van der Waals surface area contributed by atoms with Gasteiger partial charge in [0.05, 0.1) is 27.8 Å². The molecule has 1 aromatic heterocycles. The van der Waals surface area contributed by atoms with Gasteiger partial charge in [-0.3, -0.25) is 4.79 Å². The Labute approximate surface area is 175 Å². The molecule has 0 saturated carbocycles. The van der Waals surface area contributed by atoms with E-state index in [-0.39, 0.29) is 28.7 Å². The number of amides is 1. The Balaban J connectivity index is 1.82. The number of sulfone groups is 1. The van der Waals surface area contributed by atoms with E-state index in [1.807, 2.05) is 32.0 Å². The number of hydrogen-bond acceptors (Lipinski definition) is 5. The topological polar surface area (TPSA) is 72.3 Å². The van der Waals surface area contributed by atoms with Crippen molar-refractivity contribution in [3.8, 4) is 0 Å². The molecule has 2 unspecified atom stereocenters. The number of hydrogen-bond donors (Lipinski definition) is 0. The number of carbonyl (C=O) groups is 1. The maximum absolute atomic E-state index is 13.1. The van der Waals surface area contributed by atoms with Gasteiger partial charge >= 0.3 is 0 Å². The summed E-state index contributed by atoms with van der Waals surface area (Å²) in [6, 6.07) is 5.42. The van der Waals surface area contributed by atoms with E-state index < -0.39 is 9.84 Å². The monoisotopic (exact) mass is 443 g/mol. The Morgan fingerprint density at radius 1 is 1.43 bits per heavy atom. The minimum atomic E-state index is -3.03. The summed E-state index contributed by atoms with van der Waals surface area (Å²) < 4.78 is 25.8. The van der Waals surface area contributed by atoms with Crippen LogP contribution in [0.15, 0.2) is 23.4 Å². The molecule has 3 rings (SSSR count). The summed E-state index contributed by atoms with van der Waals surface area (Å²) in [6.07, 6.45) is 1.47. The van der Waals surface area contributed by atoms with Crippen molar-refractivity contribution in [2.75, 3.05) is 18.1 Å². The van der Waals surface area contributed by atoms with Crippen LogP contribution in [-0.2, 0) is 21.2 Å². The fourth-order valence-corrected chi connectivity index (χ4v) is 6.59. The van der Waals surface area contributed by atoms with Crippen molar-refractivity contribution >= 4 is 50.1 Å². The molecule has 28 heavy (non-hydrogen) atoms. The van der Waals surface area contributed by atoms with Gasteiger partial charge in [0, 0.05) is 24.2 Å². The molecule has 2 aromatic rings. The lowest BCUT2D eigenvalue weighted by molar-refractivity contribution is -0.131. The van der Waals surface area contributed by atoms with Crippen LogP contribution in [0.1, 0.15) is 33.6 Å². The summed E-state index contributed by atoms with van der Waals surface area (Å²) in [6.45, 7) is 7.17. The largest absolute Gasteiger partial charge is 0.338 e. The summed E-state index contributed by atoms with van der Waals surface area (Å²) in [7, 11) is -3.03. The van der Waals surface area contributed by atoms with Gasteiger partial charge in [-0.05, 0) is 44.9 Å². The van der Waals surface area contributed by atoms with Gasteiger partial charge in [0.25, 0.3) is 0 Å². The van der Waals surface area contributed by atoms with Crippen molar-refractivity contribution in [1.82, 2.24) is 14.5 Å². The van der Waals surface area contributed by atoms with Crippen molar-refractivity contribution < 1.29 is 13.2 Å². The first-order chi connectivity index (χ1) is 13.3. The van der Waals surface area contributed by atoms with Gasteiger partial charge in [0.15, 0.2) is 15.0 Å². The van der Waals surface area contributed by atoms with Crippen LogP contribution in [-0.4, -0.2) is 58.1 Å². The normalized spacial score (nSPS) is 19.8. The van der Waals surface area contributed by atoms with Gasteiger partial charge in [0.2, 0.25) is 5.91 Å². The van der Waals surface area contributed by atoms with Crippen molar-refractivity contribution in [1.29, 1.82) is 0 Å². The molecule has 2 atom stereocenters. The van der Waals surface area contributed by atoms with E-state index in [2.05, 4.69) is 11.5 Å². The first kappa shape index (κ1) is 21.5. The Kier molecular flexibility index (Phi) is 6.61. The molecule has 1 aliphatic rings. The second-order valence-electron chi connectivity index (χ2n) is 7.12. The third-order valence-electron chi connectivity index (χ3n) is 5.03. The van der Waals surface area contributed by atoms with E-state index in [9.17, 15) is 13.2 Å². The number of nitrogens with zero attached hydrogens (tertiary/aromatic N) is 3. The highest BCUT2D eigenvalue weighted by molar-refractivity contribution is 8.00. The average molecular weight is 444 g/mol. The summed E-state index contributed by atoms with van der Waals surface area (Å²) in [5, 5.41) is 1.06. The molecule has 1 aliphatic heterocycles. The smallest absolute Gasteiger partial charge is 0.236 e. The van der Waals surface area contributed by atoms with Crippen molar-refractivity contribution in [3.63, 3.8) is 0 Å². The van der Waals surface area contributed by atoms with E-state index in [0.717, 1.165) is 29.2 Å². The van der Waals surface area contributed by atoms with Crippen LogP contribution in [0, 0.1) is 0 Å². The number of imidazole rings is 1. The fraction of sp³-hybridized carbons (Fsp3) is 0.579. The number of fused-ring (bicyclic) bond motifs is 1. The molecule has 1 aromatic carbocycles. The van der Waals surface area contributed by atoms with Crippen LogP contribution in [0.4, 0.5) is 0 Å². The molecule has 0 spiro atoms. The van der Waals surface area contributed by atoms with Gasteiger partial charge in [-0.2, -0.15) is 0 Å². The molecule has 2 heterocycles. The predicted octanol–water partition coefficient (Wildman–Crippen LogP) is 3.62. The van der Waals surface area contributed by atoms with Crippen LogP contribution >= 0.6 is 23.4 Å². The lowest BCUT2D eigenvalue weighted by Gasteiger charge is -2.29. The van der Waals surface area contributed by atoms with Gasteiger partial charge in [-0.15, -0.1) is 0 Å². The van der Waals surface area contributed by atoms with Crippen LogP contribution < -0.4 is 0 Å². The number of aromatic nitrogens is 2. The molecular weight excluding hydrogens is 418 g/mol. The molecule has 1 amide bonds. The number of benzene rings is 1. The fourth-order valence-electron chi connectivity index (χ4n) is 3.67. The molecule has 9 heteroatoms. The predicted molar refractivity (Wildman–Crippen MR) is 115 cm³/mol. The van der Waals surface area contributed by atoms with Gasteiger partial charge in [0.1, 0.15) is 0 Å². The van der Waals surface area contributed by atoms with E-state index in [1.54, 1.807) is 4.90 Å². The van der Waals surface area contributed by atoms with Gasteiger partial charge < -0.3 is 9.47 Å². The number of halogens is 1. The van der Waals surface area contributed by atoms with E-state index >= 15 is 0 Å². The Hall–Kier alpha value is -1.25. The molecule has 154 valence electrons. The molecular formula is C19H26ClN3O3S2. The molecule has 1 fully saturated rings. The number of carbonyl (C=O) groups excluding carboxylic acids is 1. The highest BCUT2D eigenvalue weighted by Gasteiger charge is 2.35. The second-order valence-corrected chi connectivity index (χ2v) is 11.1. The summed E-state index contributed by atoms with van der Waals surface area (Å²) in [5.74, 6) is 0.190. The zero-order valence-corrected chi connectivity index (χ0v) is 18.8. The van der Waals surface area contributed by atoms with Gasteiger partial charge in [-0.25, -0.2) is 13.4 Å². The Bertz CT molecular complexity index is 974. The lowest BCUT2D eigenvalue weighted by atomic mass is 10.2. The molecule has 0 aliphatic carbocycles. The second kappa shape index (κ2) is 8.63. The maximum atomic E-state index is 13.1.